The molecule has 2 aliphatic heterocycles. The van der Waals surface area contributed by atoms with Crippen molar-refractivity contribution in [2.45, 2.75) is 65.1 Å². The number of hydrogen-bond donors (Lipinski definition) is 3. The van der Waals surface area contributed by atoms with Gasteiger partial charge < -0.3 is 25.6 Å². The Balaban J connectivity index is 1.26. The first kappa shape index (κ1) is 29.5. The maximum absolute atomic E-state index is 13.5. The number of amides is 2. The minimum absolute atomic E-state index is 0.109. The number of piperidine rings is 1. The number of carbonyl (C=O) groups is 2. The van der Waals surface area contributed by atoms with Crippen LogP contribution in [0.1, 0.15) is 73.6 Å². The van der Waals surface area contributed by atoms with E-state index in [2.05, 4.69) is 52.1 Å². The standard InChI is InChI=1S/C35H42N4O3/c1-23-10-14-27(38-28-21-39(22-28)34(41)42-35(3,4)5)20-32(23)33(40)37-24(2)29-15-13-26(30-8-6-7-9-31(29)30)12-11-25-16-18-36-19-17-25/h6-10,13-15,20,24-25,28,36,38H,16-19,21-22H2,1-5H3,(H,37,40)/t24-/m1/s1. The summed E-state index contributed by atoms with van der Waals surface area (Å²) in [4.78, 5) is 27.4. The van der Waals surface area contributed by atoms with E-state index in [0.717, 1.165) is 59.1 Å². The third-order valence-corrected chi connectivity index (χ3v) is 7.91. The fourth-order valence-electron chi connectivity index (χ4n) is 5.54. The predicted octanol–water partition coefficient (Wildman–Crippen LogP) is 6.02. The molecule has 2 heterocycles. The first-order valence-corrected chi connectivity index (χ1v) is 15.0. The molecule has 5 rings (SSSR count). The Morgan fingerprint density at radius 1 is 1.02 bits per heavy atom. The van der Waals surface area contributed by atoms with Gasteiger partial charge in [0.15, 0.2) is 0 Å². The van der Waals surface area contributed by atoms with Crippen LogP contribution in [0.2, 0.25) is 0 Å². The van der Waals surface area contributed by atoms with Crippen LogP contribution < -0.4 is 16.0 Å². The van der Waals surface area contributed by atoms with E-state index >= 15 is 0 Å². The molecule has 7 heteroatoms. The Kier molecular flexibility index (Phi) is 8.74. The van der Waals surface area contributed by atoms with Gasteiger partial charge in [-0.25, -0.2) is 4.79 Å². The lowest BCUT2D eigenvalue weighted by Gasteiger charge is -2.40. The van der Waals surface area contributed by atoms with Crippen molar-refractivity contribution in [2.75, 3.05) is 31.5 Å². The Morgan fingerprint density at radius 2 is 1.74 bits per heavy atom. The fraction of sp³-hybridized carbons (Fsp3) is 0.429. The number of ether oxygens (including phenoxy) is 1. The Morgan fingerprint density at radius 3 is 2.45 bits per heavy atom. The molecule has 0 bridgehead atoms. The van der Waals surface area contributed by atoms with Crippen LogP contribution in [0.5, 0.6) is 0 Å². The number of anilines is 1. The molecule has 2 amide bonds. The number of nitrogens with one attached hydrogen (secondary N) is 3. The summed E-state index contributed by atoms with van der Waals surface area (Å²) in [6.07, 6.45) is 1.88. The van der Waals surface area contributed by atoms with Crippen molar-refractivity contribution in [1.82, 2.24) is 15.5 Å². The molecule has 2 aliphatic rings. The molecule has 0 aliphatic carbocycles. The molecule has 0 saturated carbocycles. The van der Waals surface area contributed by atoms with E-state index in [1.165, 1.54) is 0 Å². The summed E-state index contributed by atoms with van der Waals surface area (Å²) in [5, 5.41) is 12.3. The van der Waals surface area contributed by atoms with Gasteiger partial charge in [0.25, 0.3) is 5.91 Å². The van der Waals surface area contributed by atoms with Crippen LogP contribution in [0.25, 0.3) is 10.8 Å². The van der Waals surface area contributed by atoms with Gasteiger partial charge in [0.05, 0.1) is 12.1 Å². The van der Waals surface area contributed by atoms with Crippen molar-refractivity contribution in [3.63, 3.8) is 0 Å². The summed E-state index contributed by atoms with van der Waals surface area (Å²) < 4.78 is 5.45. The number of benzene rings is 3. The summed E-state index contributed by atoms with van der Waals surface area (Å²) in [7, 11) is 0. The maximum atomic E-state index is 13.5. The second-order valence-electron chi connectivity index (χ2n) is 12.5. The van der Waals surface area contributed by atoms with Crippen LogP contribution in [0.3, 0.4) is 0 Å². The van der Waals surface area contributed by atoms with E-state index in [0.29, 0.717) is 24.6 Å². The number of fused-ring (bicyclic) bond motifs is 1. The highest BCUT2D eigenvalue weighted by atomic mass is 16.6. The molecule has 1 atom stereocenters. The van der Waals surface area contributed by atoms with Crippen molar-refractivity contribution in [3.05, 3.63) is 76.9 Å². The molecule has 3 aromatic carbocycles. The van der Waals surface area contributed by atoms with E-state index in [1.807, 2.05) is 65.0 Å². The zero-order chi connectivity index (χ0) is 29.9. The van der Waals surface area contributed by atoms with Gasteiger partial charge in [0.1, 0.15) is 5.60 Å². The summed E-state index contributed by atoms with van der Waals surface area (Å²) in [5.41, 5.74) is 3.97. The zero-order valence-corrected chi connectivity index (χ0v) is 25.3. The van der Waals surface area contributed by atoms with Crippen LogP contribution in [-0.4, -0.2) is 54.7 Å². The second kappa shape index (κ2) is 12.5. The summed E-state index contributed by atoms with van der Waals surface area (Å²) in [5.74, 6) is 7.25. The average Bonchev–Trinajstić information content (AvgIpc) is 2.93. The van der Waals surface area contributed by atoms with Gasteiger partial charge >= 0.3 is 6.09 Å². The normalized spacial score (nSPS) is 16.6. The fourth-order valence-corrected chi connectivity index (χ4v) is 5.54. The molecular weight excluding hydrogens is 524 g/mol. The third-order valence-electron chi connectivity index (χ3n) is 7.91. The smallest absolute Gasteiger partial charge is 0.410 e. The molecule has 0 spiro atoms. The topological polar surface area (TPSA) is 82.7 Å². The zero-order valence-electron chi connectivity index (χ0n) is 25.3. The average molecular weight is 567 g/mol. The molecule has 42 heavy (non-hydrogen) atoms. The van der Waals surface area contributed by atoms with E-state index in [1.54, 1.807) is 4.90 Å². The number of nitrogens with zero attached hydrogens (tertiary/aromatic N) is 1. The molecule has 0 aromatic heterocycles. The van der Waals surface area contributed by atoms with E-state index in [-0.39, 0.29) is 24.1 Å². The predicted molar refractivity (Wildman–Crippen MR) is 169 cm³/mol. The highest BCUT2D eigenvalue weighted by Gasteiger charge is 2.33. The SMILES string of the molecule is Cc1ccc(NC2CN(C(=O)OC(C)(C)C)C2)cc1C(=O)N[C@H](C)c1ccc(C#CC2CCNCC2)c2ccccc12. The highest BCUT2D eigenvalue weighted by molar-refractivity contribution is 5.97. The number of likely N-dealkylation sites (tertiary alicyclic amines) is 1. The van der Waals surface area contributed by atoms with Crippen molar-refractivity contribution < 1.29 is 14.3 Å². The lowest BCUT2D eigenvalue weighted by molar-refractivity contribution is 0.0105. The number of carbonyl (C=O) groups excluding carboxylic acids is 2. The maximum Gasteiger partial charge on any atom is 0.410 e. The Bertz CT molecular complexity index is 1520. The summed E-state index contributed by atoms with van der Waals surface area (Å²) >= 11 is 0. The van der Waals surface area contributed by atoms with Crippen molar-refractivity contribution in [3.8, 4) is 11.8 Å². The van der Waals surface area contributed by atoms with E-state index < -0.39 is 5.60 Å². The first-order valence-electron chi connectivity index (χ1n) is 15.0. The molecular formula is C35H42N4O3. The Labute approximate surface area is 249 Å². The lowest BCUT2D eigenvalue weighted by atomic mass is 9.94. The van der Waals surface area contributed by atoms with Crippen LogP contribution in [0.15, 0.2) is 54.6 Å². The van der Waals surface area contributed by atoms with E-state index in [9.17, 15) is 9.59 Å². The minimum Gasteiger partial charge on any atom is -0.444 e. The minimum atomic E-state index is -0.513. The van der Waals surface area contributed by atoms with Gasteiger partial charge in [0.2, 0.25) is 0 Å². The van der Waals surface area contributed by atoms with Crippen LogP contribution >= 0.6 is 0 Å². The second-order valence-corrected chi connectivity index (χ2v) is 12.5. The van der Waals surface area contributed by atoms with E-state index in [4.69, 9.17) is 4.74 Å². The highest BCUT2D eigenvalue weighted by Crippen LogP contribution is 2.28. The molecule has 220 valence electrons. The summed E-state index contributed by atoms with van der Waals surface area (Å²) in [6.45, 7) is 12.7. The van der Waals surface area contributed by atoms with Crippen molar-refractivity contribution in [1.29, 1.82) is 0 Å². The summed E-state index contributed by atoms with van der Waals surface area (Å²) in [6, 6.07) is 18.2. The largest absolute Gasteiger partial charge is 0.444 e. The quantitative estimate of drug-likeness (QED) is 0.329. The molecule has 3 aromatic rings. The molecule has 2 saturated heterocycles. The molecule has 2 fully saturated rings. The van der Waals surface area contributed by atoms with Crippen LogP contribution in [0, 0.1) is 24.7 Å². The number of rotatable bonds is 5. The molecule has 0 unspecified atom stereocenters. The third kappa shape index (κ3) is 7.06. The molecule has 3 N–H and O–H groups in total. The van der Waals surface area contributed by atoms with Crippen LogP contribution in [-0.2, 0) is 4.74 Å². The van der Waals surface area contributed by atoms with Crippen molar-refractivity contribution in [2.24, 2.45) is 5.92 Å². The first-order chi connectivity index (χ1) is 20.1. The van der Waals surface area contributed by atoms with Gasteiger partial charge in [-0.15, -0.1) is 0 Å². The van der Waals surface area contributed by atoms with Crippen molar-refractivity contribution >= 4 is 28.5 Å². The molecule has 7 nitrogen and oxygen atoms in total. The van der Waals surface area contributed by atoms with Gasteiger partial charge in [-0.05, 0) is 101 Å². The Hall–Kier alpha value is -4.02. The monoisotopic (exact) mass is 566 g/mol. The molecule has 0 radical (unpaired) electrons. The number of aryl methyl sites for hydroxylation is 1. The lowest BCUT2D eigenvalue weighted by Crippen LogP contribution is -2.57. The number of hydrogen-bond acceptors (Lipinski definition) is 5. The van der Waals surface area contributed by atoms with Gasteiger partial charge in [0, 0.05) is 35.8 Å². The van der Waals surface area contributed by atoms with Gasteiger partial charge in [-0.1, -0.05) is 48.2 Å². The van der Waals surface area contributed by atoms with Gasteiger partial charge in [-0.3, -0.25) is 4.79 Å². The van der Waals surface area contributed by atoms with Crippen LogP contribution in [0.4, 0.5) is 10.5 Å². The van der Waals surface area contributed by atoms with Gasteiger partial charge in [-0.2, -0.15) is 0 Å².